The molecule has 1 saturated heterocycles. The van der Waals surface area contributed by atoms with E-state index in [4.69, 9.17) is 4.74 Å². The van der Waals surface area contributed by atoms with Gasteiger partial charge in [-0.3, -0.25) is 0 Å². The fourth-order valence-electron chi connectivity index (χ4n) is 2.20. The molecule has 2 aliphatic rings. The van der Waals surface area contributed by atoms with Crippen LogP contribution in [0.15, 0.2) is 12.2 Å². The van der Waals surface area contributed by atoms with Crippen LogP contribution < -0.4 is 0 Å². The molecule has 0 bridgehead atoms. The maximum atomic E-state index is 5.60. The van der Waals surface area contributed by atoms with Gasteiger partial charge in [0.05, 0.1) is 11.7 Å². The molecule has 2 rings (SSSR count). The lowest BCUT2D eigenvalue weighted by molar-refractivity contribution is 0.287. The first kappa shape index (κ1) is 7.35. The molecule has 1 saturated carbocycles. The second-order valence-corrected chi connectivity index (χ2v) is 4.24. The molecule has 0 spiro atoms. The van der Waals surface area contributed by atoms with Crippen LogP contribution >= 0.6 is 0 Å². The third kappa shape index (κ3) is 1.12. The molecule has 0 aromatic carbocycles. The fraction of sp³-hybridized carbons (Fsp3) is 0.800. The van der Waals surface area contributed by atoms with Gasteiger partial charge in [-0.25, -0.2) is 0 Å². The summed E-state index contributed by atoms with van der Waals surface area (Å²) in [5.41, 5.74) is 1.57. The largest absolute Gasteiger partial charge is 0.366 e. The van der Waals surface area contributed by atoms with Crippen molar-refractivity contribution in [3.63, 3.8) is 0 Å². The van der Waals surface area contributed by atoms with Gasteiger partial charge in [0.25, 0.3) is 0 Å². The first-order valence-corrected chi connectivity index (χ1v) is 4.45. The van der Waals surface area contributed by atoms with Crippen LogP contribution in [0.25, 0.3) is 0 Å². The van der Waals surface area contributed by atoms with Crippen LogP contribution in [0, 0.1) is 5.92 Å². The van der Waals surface area contributed by atoms with Crippen molar-refractivity contribution in [1.29, 1.82) is 0 Å². The molecule has 1 aliphatic carbocycles. The third-order valence-corrected chi connectivity index (χ3v) is 3.16. The highest BCUT2D eigenvalue weighted by Crippen LogP contribution is 2.50. The van der Waals surface area contributed by atoms with Crippen LogP contribution in [0.4, 0.5) is 0 Å². The molecule has 0 N–H and O–H groups in total. The Balaban J connectivity index is 2.02. The van der Waals surface area contributed by atoms with Gasteiger partial charge in [0.1, 0.15) is 0 Å². The predicted molar refractivity (Wildman–Crippen MR) is 45.4 cm³/mol. The standard InChI is InChI=1S/C10H16O/c1-7(2)8-4-5-9-10(3,6-8)11-9/h8-9H,1,4-6H2,2-3H3. The fourth-order valence-corrected chi connectivity index (χ4v) is 2.20. The van der Waals surface area contributed by atoms with E-state index in [2.05, 4.69) is 20.4 Å². The van der Waals surface area contributed by atoms with Crippen molar-refractivity contribution in [2.45, 2.75) is 44.8 Å². The Kier molecular flexibility index (Phi) is 1.40. The second kappa shape index (κ2) is 2.10. The zero-order chi connectivity index (χ0) is 8.06. The van der Waals surface area contributed by atoms with Gasteiger partial charge in [-0.05, 0) is 39.0 Å². The van der Waals surface area contributed by atoms with Crippen LogP contribution in [0.3, 0.4) is 0 Å². The molecule has 0 aromatic rings. The van der Waals surface area contributed by atoms with Crippen molar-refractivity contribution >= 4 is 0 Å². The van der Waals surface area contributed by atoms with Gasteiger partial charge < -0.3 is 4.74 Å². The third-order valence-electron chi connectivity index (χ3n) is 3.16. The molecule has 62 valence electrons. The Morgan fingerprint density at radius 3 is 2.82 bits per heavy atom. The topological polar surface area (TPSA) is 12.5 Å². The lowest BCUT2D eigenvalue weighted by Gasteiger charge is -2.23. The van der Waals surface area contributed by atoms with E-state index in [0.717, 1.165) is 5.92 Å². The highest BCUT2D eigenvalue weighted by molar-refractivity contribution is 5.10. The summed E-state index contributed by atoms with van der Waals surface area (Å²) in [7, 11) is 0. The van der Waals surface area contributed by atoms with E-state index >= 15 is 0 Å². The summed E-state index contributed by atoms with van der Waals surface area (Å²) in [6.07, 6.45) is 4.31. The highest BCUT2D eigenvalue weighted by Gasteiger charge is 2.55. The normalized spacial score (nSPS) is 48.2. The van der Waals surface area contributed by atoms with Gasteiger partial charge in [0.2, 0.25) is 0 Å². The molecule has 0 radical (unpaired) electrons. The molecule has 11 heavy (non-hydrogen) atoms. The molecular weight excluding hydrogens is 136 g/mol. The SMILES string of the molecule is C=C(C)C1CCC2OC2(C)C1. The van der Waals surface area contributed by atoms with Crippen LogP contribution in [0.2, 0.25) is 0 Å². The van der Waals surface area contributed by atoms with Gasteiger partial charge >= 0.3 is 0 Å². The molecule has 3 unspecified atom stereocenters. The second-order valence-electron chi connectivity index (χ2n) is 4.24. The van der Waals surface area contributed by atoms with Crippen LogP contribution in [0.1, 0.15) is 33.1 Å². The summed E-state index contributed by atoms with van der Waals surface area (Å²) in [5, 5.41) is 0. The number of rotatable bonds is 1. The van der Waals surface area contributed by atoms with Crippen molar-refractivity contribution < 1.29 is 4.74 Å². The first-order valence-electron chi connectivity index (χ1n) is 4.45. The summed E-state index contributed by atoms with van der Waals surface area (Å²) in [5.74, 6) is 0.721. The summed E-state index contributed by atoms with van der Waals surface area (Å²) in [6.45, 7) is 8.37. The van der Waals surface area contributed by atoms with Gasteiger partial charge in [0.15, 0.2) is 0 Å². The number of epoxide rings is 1. The van der Waals surface area contributed by atoms with Crippen LogP contribution in [-0.4, -0.2) is 11.7 Å². The molecule has 2 fully saturated rings. The summed E-state index contributed by atoms with van der Waals surface area (Å²) >= 11 is 0. The first-order chi connectivity index (χ1) is 5.12. The number of allylic oxidation sites excluding steroid dienone is 1. The molecular formula is C10H16O. The molecule has 1 nitrogen and oxygen atoms in total. The zero-order valence-corrected chi connectivity index (χ0v) is 7.39. The zero-order valence-electron chi connectivity index (χ0n) is 7.39. The minimum Gasteiger partial charge on any atom is -0.366 e. The molecule has 3 atom stereocenters. The lowest BCUT2D eigenvalue weighted by atomic mass is 9.79. The van der Waals surface area contributed by atoms with Crippen molar-refractivity contribution in [1.82, 2.24) is 0 Å². The van der Waals surface area contributed by atoms with E-state index in [1.54, 1.807) is 0 Å². The van der Waals surface area contributed by atoms with Crippen LogP contribution in [-0.2, 0) is 4.74 Å². The van der Waals surface area contributed by atoms with E-state index in [1.807, 2.05) is 0 Å². The van der Waals surface area contributed by atoms with Crippen molar-refractivity contribution in [3.05, 3.63) is 12.2 Å². The van der Waals surface area contributed by atoms with E-state index in [1.165, 1.54) is 24.8 Å². The number of ether oxygens (including phenoxy) is 1. The maximum absolute atomic E-state index is 5.60. The summed E-state index contributed by atoms with van der Waals surface area (Å²) < 4.78 is 5.60. The maximum Gasteiger partial charge on any atom is 0.0926 e. The molecule has 0 aromatic heterocycles. The van der Waals surface area contributed by atoms with E-state index in [-0.39, 0.29) is 5.60 Å². The minimum atomic E-state index is 0.238. The number of hydrogen-bond donors (Lipinski definition) is 0. The van der Waals surface area contributed by atoms with E-state index < -0.39 is 0 Å². The van der Waals surface area contributed by atoms with Crippen LogP contribution in [0.5, 0.6) is 0 Å². The Hall–Kier alpha value is -0.300. The lowest BCUT2D eigenvalue weighted by Crippen LogP contribution is -2.22. The van der Waals surface area contributed by atoms with E-state index in [0.29, 0.717) is 6.10 Å². The average molecular weight is 152 g/mol. The minimum absolute atomic E-state index is 0.238. The monoisotopic (exact) mass is 152 g/mol. The van der Waals surface area contributed by atoms with Crippen molar-refractivity contribution in [2.75, 3.05) is 0 Å². The van der Waals surface area contributed by atoms with E-state index in [9.17, 15) is 0 Å². The molecule has 1 heteroatoms. The summed E-state index contributed by atoms with van der Waals surface area (Å²) in [4.78, 5) is 0. The molecule has 1 heterocycles. The Morgan fingerprint density at radius 1 is 1.55 bits per heavy atom. The van der Waals surface area contributed by atoms with Crippen molar-refractivity contribution in [2.24, 2.45) is 5.92 Å². The predicted octanol–water partition coefficient (Wildman–Crippen LogP) is 2.52. The van der Waals surface area contributed by atoms with Crippen molar-refractivity contribution in [3.8, 4) is 0 Å². The average Bonchev–Trinajstić information content (AvgIpc) is 2.58. The molecule has 0 amide bonds. The number of hydrogen-bond acceptors (Lipinski definition) is 1. The molecule has 1 aliphatic heterocycles. The highest BCUT2D eigenvalue weighted by atomic mass is 16.6. The smallest absolute Gasteiger partial charge is 0.0926 e. The Bertz CT molecular complexity index is 197. The Morgan fingerprint density at radius 2 is 2.27 bits per heavy atom. The van der Waals surface area contributed by atoms with Gasteiger partial charge in [-0.15, -0.1) is 0 Å². The Labute approximate surface area is 68.4 Å². The van der Waals surface area contributed by atoms with Gasteiger partial charge in [-0.1, -0.05) is 12.2 Å². The quantitative estimate of drug-likeness (QED) is 0.415. The van der Waals surface area contributed by atoms with Gasteiger partial charge in [0, 0.05) is 0 Å². The van der Waals surface area contributed by atoms with Gasteiger partial charge in [-0.2, -0.15) is 0 Å². The number of fused-ring (bicyclic) bond motifs is 1. The summed E-state index contributed by atoms with van der Waals surface area (Å²) in [6, 6.07) is 0.